The lowest BCUT2D eigenvalue weighted by Gasteiger charge is -2.32. The molecule has 0 saturated carbocycles. The van der Waals surface area contributed by atoms with E-state index in [9.17, 15) is 0 Å². The number of aryl methyl sites for hydroxylation is 1. The molecule has 2 aliphatic rings. The van der Waals surface area contributed by atoms with Crippen LogP contribution in [0.2, 0.25) is 0 Å². The van der Waals surface area contributed by atoms with Crippen molar-refractivity contribution < 1.29 is 0 Å². The molecule has 1 N–H and O–H groups in total. The molecule has 2 fully saturated rings. The van der Waals surface area contributed by atoms with Crippen LogP contribution in [0.5, 0.6) is 0 Å². The zero-order valence-corrected chi connectivity index (χ0v) is 15.3. The SMILES string of the molecule is CCc1cc(NCCN2CCN(C)CC2)nc(N2CCCCC2)n1. The van der Waals surface area contributed by atoms with E-state index in [1.165, 1.54) is 45.4 Å². The molecule has 1 aromatic heterocycles. The summed E-state index contributed by atoms with van der Waals surface area (Å²) >= 11 is 0. The van der Waals surface area contributed by atoms with Crippen molar-refractivity contribution in [1.82, 2.24) is 19.8 Å². The number of likely N-dealkylation sites (N-methyl/N-ethyl adjacent to an activating group) is 1. The van der Waals surface area contributed by atoms with Gasteiger partial charge in [-0.25, -0.2) is 4.98 Å². The minimum atomic E-state index is 0.913. The van der Waals surface area contributed by atoms with Crippen molar-refractivity contribution in [3.05, 3.63) is 11.8 Å². The van der Waals surface area contributed by atoms with Crippen molar-refractivity contribution >= 4 is 11.8 Å². The number of rotatable bonds is 6. The van der Waals surface area contributed by atoms with Crippen LogP contribution in [0.4, 0.5) is 11.8 Å². The second kappa shape index (κ2) is 8.62. The van der Waals surface area contributed by atoms with Crippen molar-refractivity contribution in [3.8, 4) is 0 Å². The second-order valence-electron chi connectivity index (χ2n) is 7.02. The van der Waals surface area contributed by atoms with E-state index in [1.54, 1.807) is 0 Å². The van der Waals surface area contributed by atoms with Crippen LogP contribution in [0, 0.1) is 0 Å². The van der Waals surface area contributed by atoms with Crippen LogP contribution in [-0.4, -0.2) is 79.2 Å². The van der Waals surface area contributed by atoms with Gasteiger partial charge < -0.3 is 15.1 Å². The standard InChI is InChI=1S/C18H32N6/c1-3-16-15-17(19-7-10-23-13-11-22(2)12-14-23)21-18(20-16)24-8-5-4-6-9-24/h15H,3-14H2,1-2H3,(H,19,20,21). The molecule has 0 aliphatic carbocycles. The number of piperazine rings is 1. The van der Waals surface area contributed by atoms with Gasteiger partial charge in [0, 0.05) is 64.1 Å². The van der Waals surface area contributed by atoms with Gasteiger partial charge in [0.2, 0.25) is 5.95 Å². The molecule has 2 aliphatic heterocycles. The molecule has 0 aromatic carbocycles. The summed E-state index contributed by atoms with van der Waals surface area (Å²) in [6.07, 6.45) is 4.80. The first kappa shape index (κ1) is 17.4. The fourth-order valence-corrected chi connectivity index (χ4v) is 3.40. The Bertz CT molecular complexity index is 506. The van der Waals surface area contributed by atoms with Gasteiger partial charge in [-0.3, -0.25) is 4.90 Å². The first-order chi connectivity index (χ1) is 11.7. The molecule has 1 aromatic rings. The Kier molecular flexibility index (Phi) is 6.26. The van der Waals surface area contributed by atoms with E-state index in [0.717, 1.165) is 50.1 Å². The Morgan fingerprint density at radius 3 is 2.46 bits per heavy atom. The van der Waals surface area contributed by atoms with E-state index in [4.69, 9.17) is 9.97 Å². The topological polar surface area (TPSA) is 47.5 Å². The fourth-order valence-electron chi connectivity index (χ4n) is 3.40. The highest BCUT2D eigenvalue weighted by Crippen LogP contribution is 2.19. The van der Waals surface area contributed by atoms with Gasteiger partial charge in [-0.15, -0.1) is 0 Å². The van der Waals surface area contributed by atoms with E-state index >= 15 is 0 Å². The van der Waals surface area contributed by atoms with E-state index < -0.39 is 0 Å². The molecule has 24 heavy (non-hydrogen) atoms. The van der Waals surface area contributed by atoms with Gasteiger partial charge in [0.1, 0.15) is 5.82 Å². The maximum absolute atomic E-state index is 4.78. The Morgan fingerprint density at radius 2 is 1.75 bits per heavy atom. The Labute approximate surface area is 146 Å². The molecular weight excluding hydrogens is 300 g/mol. The van der Waals surface area contributed by atoms with E-state index in [2.05, 4.69) is 40.1 Å². The minimum absolute atomic E-state index is 0.913. The van der Waals surface area contributed by atoms with Gasteiger partial charge in [-0.1, -0.05) is 6.92 Å². The molecule has 0 unspecified atom stereocenters. The molecule has 3 rings (SSSR count). The molecule has 134 valence electrons. The first-order valence-corrected chi connectivity index (χ1v) is 9.52. The number of piperidine rings is 1. The maximum atomic E-state index is 4.78. The summed E-state index contributed by atoms with van der Waals surface area (Å²) in [6.45, 7) is 11.1. The molecule has 0 amide bonds. The summed E-state index contributed by atoms with van der Waals surface area (Å²) in [7, 11) is 2.20. The summed E-state index contributed by atoms with van der Waals surface area (Å²) in [4.78, 5) is 16.8. The summed E-state index contributed by atoms with van der Waals surface area (Å²) in [6, 6.07) is 2.11. The van der Waals surface area contributed by atoms with Gasteiger partial charge in [-0.2, -0.15) is 4.98 Å². The Hall–Kier alpha value is -1.40. The van der Waals surface area contributed by atoms with E-state index in [0.29, 0.717) is 0 Å². The third-order valence-corrected chi connectivity index (χ3v) is 5.10. The third-order valence-electron chi connectivity index (χ3n) is 5.10. The number of nitrogens with zero attached hydrogens (tertiary/aromatic N) is 5. The predicted octanol–water partition coefficient (Wildman–Crippen LogP) is 1.69. The number of hydrogen-bond acceptors (Lipinski definition) is 6. The highest BCUT2D eigenvalue weighted by Gasteiger charge is 2.16. The minimum Gasteiger partial charge on any atom is -0.369 e. The Morgan fingerprint density at radius 1 is 1.00 bits per heavy atom. The largest absolute Gasteiger partial charge is 0.369 e. The first-order valence-electron chi connectivity index (χ1n) is 9.52. The summed E-state index contributed by atoms with van der Waals surface area (Å²) < 4.78 is 0. The Balaban J connectivity index is 1.56. The normalized spacial score (nSPS) is 20.3. The predicted molar refractivity (Wildman–Crippen MR) is 99.9 cm³/mol. The smallest absolute Gasteiger partial charge is 0.227 e. The van der Waals surface area contributed by atoms with Gasteiger partial charge in [0.05, 0.1) is 0 Å². The lowest BCUT2D eigenvalue weighted by atomic mass is 10.1. The molecule has 0 atom stereocenters. The molecule has 2 saturated heterocycles. The van der Waals surface area contributed by atoms with Crippen LogP contribution >= 0.6 is 0 Å². The second-order valence-corrected chi connectivity index (χ2v) is 7.02. The van der Waals surface area contributed by atoms with Crippen LogP contribution in [0.1, 0.15) is 31.9 Å². The third kappa shape index (κ3) is 4.80. The maximum Gasteiger partial charge on any atom is 0.227 e. The number of anilines is 2. The van der Waals surface area contributed by atoms with Gasteiger partial charge >= 0.3 is 0 Å². The van der Waals surface area contributed by atoms with Crippen LogP contribution in [0.25, 0.3) is 0 Å². The monoisotopic (exact) mass is 332 g/mol. The molecule has 0 bridgehead atoms. The van der Waals surface area contributed by atoms with Crippen LogP contribution in [0.15, 0.2) is 6.07 Å². The molecule has 6 heteroatoms. The van der Waals surface area contributed by atoms with Crippen molar-refractivity contribution in [3.63, 3.8) is 0 Å². The number of aromatic nitrogens is 2. The van der Waals surface area contributed by atoms with Gasteiger partial charge in [0.25, 0.3) is 0 Å². The highest BCUT2D eigenvalue weighted by atomic mass is 15.3. The average molecular weight is 332 g/mol. The highest BCUT2D eigenvalue weighted by molar-refractivity contribution is 5.44. The quantitative estimate of drug-likeness (QED) is 0.855. The molecule has 3 heterocycles. The van der Waals surface area contributed by atoms with Gasteiger partial charge in [0.15, 0.2) is 0 Å². The average Bonchev–Trinajstić information content (AvgIpc) is 2.64. The lowest BCUT2D eigenvalue weighted by Crippen LogP contribution is -2.45. The van der Waals surface area contributed by atoms with Crippen molar-refractivity contribution in [1.29, 1.82) is 0 Å². The number of hydrogen-bond donors (Lipinski definition) is 1. The lowest BCUT2D eigenvalue weighted by molar-refractivity contribution is 0.158. The van der Waals surface area contributed by atoms with E-state index in [1.807, 2.05) is 0 Å². The molecule has 6 nitrogen and oxygen atoms in total. The van der Waals surface area contributed by atoms with Crippen LogP contribution < -0.4 is 10.2 Å². The summed E-state index contributed by atoms with van der Waals surface area (Å²) in [5.41, 5.74) is 1.13. The molecule has 0 spiro atoms. The summed E-state index contributed by atoms with van der Waals surface area (Å²) in [5, 5.41) is 3.52. The van der Waals surface area contributed by atoms with Crippen LogP contribution in [0.3, 0.4) is 0 Å². The summed E-state index contributed by atoms with van der Waals surface area (Å²) in [5.74, 6) is 1.90. The van der Waals surface area contributed by atoms with Crippen LogP contribution in [-0.2, 0) is 6.42 Å². The number of nitrogens with one attached hydrogen (secondary N) is 1. The van der Waals surface area contributed by atoms with E-state index in [-0.39, 0.29) is 0 Å². The van der Waals surface area contributed by atoms with Gasteiger partial charge in [-0.05, 0) is 32.7 Å². The zero-order valence-electron chi connectivity index (χ0n) is 15.3. The van der Waals surface area contributed by atoms with Crippen molar-refractivity contribution in [2.45, 2.75) is 32.6 Å². The zero-order chi connectivity index (χ0) is 16.8. The van der Waals surface area contributed by atoms with Crippen molar-refractivity contribution in [2.24, 2.45) is 0 Å². The van der Waals surface area contributed by atoms with Crippen molar-refractivity contribution in [2.75, 3.05) is 69.6 Å². The fraction of sp³-hybridized carbons (Fsp3) is 0.778. The molecular formula is C18H32N6. The molecule has 0 radical (unpaired) electrons.